The predicted molar refractivity (Wildman–Crippen MR) is 78.2 cm³/mol. The van der Waals surface area contributed by atoms with Gasteiger partial charge in [0.1, 0.15) is 0 Å². The Morgan fingerprint density at radius 2 is 1.89 bits per heavy atom. The summed E-state index contributed by atoms with van der Waals surface area (Å²) in [6.45, 7) is 4.45. The first kappa shape index (κ1) is 15.2. The molecule has 0 aliphatic carbocycles. The van der Waals surface area contributed by atoms with E-state index >= 15 is 0 Å². The van der Waals surface area contributed by atoms with Crippen molar-refractivity contribution >= 4 is 21.6 Å². The molecule has 0 aliphatic rings. The molecule has 3 nitrogen and oxygen atoms in total. The molecule has 0 saturated heterocycles. The third kappa shape index (κ3) is 5.63. The molecule has 1 atom stereocenters. The average molecular weight is 314 g/mol. The summed E-state index contributed by atoms with van der Waals surface area (Å²) in [5.41, 5.74) is 1.33. The SMILES string of the molecule is CC(C)CC(Br)CCCc1ccc([N+](=O)[O-])cc1. The fourth-order valence-corrected chi connectivity index (χ4v) is 3.01. The van der Waals surface area contributed by atoms with Gasteiger partial charge in [-0.05, 0) is 37.2 Å². The summed E-state index contributed by atoms with van der Waals surface area (Å²) >= 11 is 3.69. The molecule has 1 aromatic carbocycles. The summed E-state index contributed by atoms with van der Waals surface area (Å²) in [6.07, 6.45) is 4.44. The number of halogens is 1. The molecular weight excluding hydrogens is 294 g/mol. The highest BCUT2D eigenvalue weighted by Gasteiger charge is 2.07. The van der Waals surface area contributed by atoms with E-state index in [9.17, 15) is 10.1 Å². The van der Waals surface area contributed by atoms with Crippen molar-refractivity contribution < 1.29 is 4.92 Å². The summed E-state index contributed by atoms with van der Waals surface area (Å²) in [7, 11) is 0. The number of aryl methyl sites for hydroxylation is 1. The van der Waals surface area contributed by atoms with Crippen LogP contribution in [0.4, 0.5) is 5.69 Å². The number of non-ortho nitro benzene ring substituents is 1. The lowest BCUT2D eigenvalue weighted by molar-refractivity contribution is -0.384. The van der Waals surface area contributed by atoms with Crippen LogP contribution in [-0.2, 0) is 6.42 Å². The van der Waals surface area contributed by atoms with Crippen LogP contribution in [0.25, 0.3) is 0 Å². The molecule has 1 rings (SSSR count). The Morgan fingerprint density at radius 1 is 1.28 bits per heavy atom. The van der Waals surface area contributed by atoms with Gasteiger partial charge in [-0.2, -0.15) is 0 Å². The number of rotatable bonds is 7. The van der Waals surface area contributed by atoms with Crippen LogP contribution in [0.2, 0.25) is 0 Å². The molecule has 1 aromatic rings. The maximum atomic E-state index is 10.5. The molecule has 0 N–H and O–H groups in total. The highest BCUT2D eigenvalue weighted by atomic mass is 79.9. The van der Waals surface area contributed by atoms with Gasteiger partial charge in [0, 0.05) is 17.0 Å². The van der Waals surface area contributed by atoms with Crippen LogP contribution in [0.5, 0.6) is 0 Å². The van der Waals surface area contributed by atoms with Gasteiger partial charge >= 0.3 is 0 Å². The molecule has 1 unspecified atom stereocenters. The minimum Gasteiger partial charge on any atom is -0.258 e. The first-order chi connectivity index (χ1) is 8.49. The second-order valence-electron chi connectivity index (χ2n) is 5.04. The molecule has 0 fully saturated rings. The first-order valence-electron chi connectivity index (χ1n) is 6.36. The Morgan fingerprint density at radius 3 is 2.39 bits per heavy atom. The molecule has 0 amide bonds. The van der Waals surface area contributed by atoms with Crippen molar-refractivity contribution in [3.63, 3.8) is 0 Å². The fourth-order valence-electron chi connectivity index (χ4n) is 1.94. The zero-order valence-electron chi connectivity index (χ0n) is 10.9. The average Bonchev–Trinajstić information content (AvgIpc) is 2.28. The normalized spacial score (nSPS) is 12.7. The largest absolute Gasteiger partial charge is 0.269 e. The van der Waals surface area contributed by atoms with E-state index in [0.717, 1.165) is 19.3 Å². The Kier molecular flexibility index (Phi) is 6.33. The number of nitro groups is 1. The zero-order valence-corrected chi connectivity index (χ0v) is 12.5. The second-order valence-corrected chi connectivity index (χ2v) is 6.34. The number of alkyl halides is 1. The predicted octanol–water partition coefficient (Wildman–Crippen LogP) is 4.73. The van der Waals surface area contributed by atoms with E-state index in [4.69, 9.17) is 0 Å². The summed E-state index contributed by atoms with van der Waals surface area (Å²) in [4.78, 5) is 10.7. The van der Waals surface area contributed by atoms with Crippen LogP contribution in [0.15, 0.2) is 24.3 Å². The fraction of sp³-hybridized carbons (Fsp3) is 0.571. The Labute approximate surface area is 117 Å². The Hall–Kier alpha value is -0.900. The lowest BCUT2D eigenvalue weighted by atomic mass is 10.0. The highest BCUT2D eigenvalue weighted by molar-refractivity contribution is 9.09. The minimum atomic E-state index is -0.360. The lowest BCUT2D eigenvalue weighted by Crippen LogP contribution is -2.03. The summed E-state index contributed by atoms with van der Waals surface area (Å²) < 4.78 is 0. The van der Waals surface area contributed by atoms with Crippen LogP contribution < -0.4 is 0 Å². The molecule has 4 heteroatoms. The topological polar surface area (TPSA) is 43.1 Å². The molecule has 18 heavy (non-hydrogen) atoms. The van der Waals surface area contributed by atoms with Gasteiger partial charge in [0.2, 0.25) is 0 Å². The van der Waals surface area contributed by atoms with Crippen molar-refractivity contribution in [2.45, 2.75) is 44.4 Å². The smallest absolute Gasteiger partial charge is 0.258 e. The van der Waals surface area contributed by atoms with E-state index in [1.54, 1.807) is 12.1 Å². The van der Waals surface area contributed by atoms with E-state index in [2.05, 4.69) is 29.8 Å². The van der Waals surface area contributed by atoms with Gasteiger partial charge in [-0.25, -0.2) is 0 Å². The number of hydrogen-bond donors (Lipinski definition) is 0. The Bertz CT molecular complexity index is 376. The van der Waals surface area contributed by atoms with E-state index < -0.39 is 0 Å². The van der Waals surface area contributed by atoms with Gasteiger partial charge in [-0.1, -0.05) is 41.9 Å². The molecule has 0 radical (unpaired) electrons. The monoisotopic (exact) mass is 313 g/mol. The lowest BCUT2D eigenvalue weighted by Gasteiger charge is -2.11. The Balaban J connectivity index is 2.33. The zero-order chi connectivity index (χ0) is 13.5. The van der Waals surface area contributed by atoms with Gasteiger partial charge < -0.3 is 0 Å². The van der Waals surface area contributed by atoms with Crippen LogP contribution >= 0.6 is 15.9 Å². The minimum absolute atomic E-state index is 0.164. The van der Waals surface area contributed by atoms with Gasteiger partial charge in [-0.15, -0.1) is 0 Å². The van der Waals surface area contributed by atoms with Gasteiger partial charge in [0.15, 0.2) is 0 Å². The summed E-state index contributed by atoms with van der Waals surface area (Å²) in [5.74, 6) is 0.716. The summed E-state index contributed by atoms with van der Waals surface area (Å²) in [5, 5.41) is 10.5. The van der Waals surface area contributed by atoms with Crippen LogP contribution in [0.1, 0.15) is 38.7 Å². The summed E-state index contributed by atoms with van der Waals surface area (Å²) in [6, 6.07) is 6.86. The van der Waals surface area contributed by atoms with Gasteiger partial charge in [-0.3, -0.25) is 10.1 Å². The van der Waals surface area contributed by atoms with Crippen molar-refractivity contribution in [3.05, 3.63) is 39.9 Å². The number of benzene rings is 1. The molecule has 0 spiro atoms. The maximum absolute atomic E-state index is 10.5. The molecule has 0 saturated carbocycles. The molecule has 100 valence electrons. The van der Waals surface area contributed by atoms with Crippen molar-refractivity contribution in [2.75, 3.05) is 0 Å². The number of hydrogen-bond acceptors (Lipinski definition) is 2. The van der Waals surface area contributed by atoms with Crippen molar-refractivity contribution in [1.82, 2.24) is 0 Å². The quantitative estimate of drug-likeness (QED) is 0.415. The first-order valence-corrected chi connectivity index (χ1v) is 7.28. The number of nitro benzene ring substituents is 1. The van der Waals surface area contributed by atoms with Crippen molar-refractivity contribution in [3.8, 4) is 0 Å². The van der Waals surface area contributed by atoms with Crippen LogP contribution in [-0.4, -0.2) is 9.75 Å². The van der Waals surface area contributed by atoms with E-state index in [1.165, 1.54) is 12.0 Å². The highest BCUT2D eigenvalue weighted by Crippen LogP contribution is 2.20. The van der Waals surface area contributed by atoms with Crippen molar-refractivity contribution in [1.29, 1.82) is 0 Å². The molecular formula is C14H20BrNO2. The molecule has 0 heterocycles. The second kappa shape index (κ2) is 7.52. The van der Waals surface area contributed by atoms with E-state index in [0.29, 0.717) is 10.7 Å². The van der Waals surface area contributed by atoms with E-state index in [1.807, 2.05) is 12.1 Å². The van der Waals surface area contributed by atoms with E-state index in [-0.39, 0.29) is 10.6 Å². The third-order valence-corrected chi connectivity index (χ3v) is 3.69. The maximum Gasteiger partial charge on any atom is 0.269 e. The molecule has 0 aromatic heterocycles. The molecule has 0 aliphatic heterocycles. The van der Waals surface area contributed by atoms with Gasteiger partial charge in [0.05, 0.1) is 4.92 Å². The molecule has 0 bridgehead atoms. The van der Waals surface area contributed by atoms with Crippen LogP contribution in [0, 0.1) is 16.0 Å². The van der Waals surface area contributed by atoms with Crippen LogP contribution in [0.3, 0.4) is 0 Å². The third-order valence-electron chi connectivity index (χ3n) is 2.86. The standard InChI is InChI=1S/C14H20BrNO2/c1-11(2)10-13(15)5-3-4-12-6-8-14(9-7-12)16(17)18/h6-9,11,13H,3-5,10H2,1-2H3. The number of nitrogens with zero attached hydrogens (tertiary/aromatic N) is 1. The van der Waals surface area contributed by atoms with Gasteiger partial charge in [0.25, 0.3) is 5.69 Å². The van der Waals surface area contributed by atoms with Crippen molar-refractivity contribution in [2.24, 2.45) is 5.92 Å².